The summed E-state index contributed by atoms with van der Waals surface area (Å²) in [4.78, 5) is 11.8. The summed E-state index contributed by atoms with van der Waals surface area (Å²) in [6, 6.07) is 10.1. The fourth-order valence-electron chi connectivity index (χ4n) is 1.95. The topological polar surface area (TPSA) is 53.2 Å². The van der Waals surface area contributed by atoms with Gasteiger partial charge in [-0.25, -0.2) is 4.79 Å². The van der Waals surface area contributed by atoms with Gasteiger partial charge >= 0.3 is 6.03 Å². The molecule has 0 fully saturated rings. The fraction of sp³-hybridized carbons (Fsp3) is 0.312. The number of anilines is 1. The van der Waals surface area contributed by atoms with Crippen LogP contribution in [0.25, 0.3) is 0 Å². The second-order valence-electron chi connectivity index (χ2n) is 4.89. The first-order valence-electron chi connectivity index (χ1n) is 7.02. The van der Waals surface area contributed by atoms with Crippen LogP contribution in [0.2, 0.25) is 0 Å². The zero-order valence-corrected chi connectivity index (χ0v) is 13.2. The SMILES string of the molecule is CNC(C)c1ccc(NC(=O)NCCc2ccsc2)cc1. The molecular weight excluding hydrogens is 282 g/mol. The summed E-state index contributed by atoms with van der Waals surface area (Å²) in [7, 11) is 1.93. The molecule has 1 unspecified atom stereocenters. The van der Waals surface area contributed by atoms with E-state index in [0.717, 1.165) is 12.1 Å². The molecule has 1 heterocycles. The van der Waals surface area contributed by atoms with Crippen LogP contribution in [0, 0.1) is 0 Å². The zero-order chi connectivity index (χ0) is 15.1. The van der Waals surface area contributed by atoms with Crippen LogP contribution in [-0.2, 0) is 6.42 Å². The van der Waals surface area contributed by atoms with Crippen molar-refractivity contribution < 1.29 is 4.79 Å². The molecule has 0 bridgehead atoms. The fourth-order valence-corrected chi connectivity index (χ4v) is 2.66. The van der Waals surface area contributed by atoms with Gasteiger partial charge in [0.05, 0.1) is 0 Å². The molecule has 5 heteroatoms. The number of nitrogens with one attached hydrogen (secondary N) is 3. The Morgan fingerprint density at radius 1 is 1.24 bits per heavy atom. The zero-order valence-electron chi connectivity index (χ0n) is 12.3. The van der Waals surface area contributed by atoms with Gasteiger partial charge in [-0.1, -0.05) is 12.1 Å². The number of carbonyl (C=O) groups excluding carboxylic acids is 1. The molecule has 3 N–H and O–H groups in total. The van der Waals surface area contributed by atoms with E-state index in [4.69, 9.17) is 0 Å². The van der Waals surface area contributed by atoms with Crippen LogP contribution >= 0.6 is 11.3 Å². The molecule has 112 valence electrons. The third kappa shape index (κ3) is 4.88. The Bertz CT molecular complexity index is 551. The molecular formula is C16H21N3OS. The van der Waals surface area contributed by atoms with Crippen LogP contribution in [-0.4, -0.2) is 19.6 Å². The lowest BCUT2D eigenvalue weighted by molar-refractivity contribution is 0.252. The van der Waals surface area contributed by atoms with Gasteiger partial charge in [-0.15, -0.1) is 0 Å². The molecule has 0 aliphatic heterocycles. The number of benzene rings is 1. The first kappa shape index (κ1) is 15.5. The minimum atomic E-state index is -0.167. The Morgan fingerprint density at radius 3 is 2.62 bits per heavy atom. The van der Waals surface area contributed by atoms with Crippen molar-refractivity contribution in [1.29, 1.82) is 0 Å². The van der Waals surface area contributed by atoms with Gasteiger partial charge in [0, 0.05) is 18.3 Å². The average Bonchev–Trinajstić information content (AvgIpc) is 3.00. The highest BCUT2D eigenvalue weighted by molar-refractivity contribution is 7.07. The Kier molecular flexibility index (Phi) is 5.78. The third-order valence-electron chi connectivity index (χ3n) is 3.38. The first-order valence-corrected chi connectivity index (χ1v) is 7.96. The lowest BCUT2D eigenvalue weighted by atomic mass is 10.1. The highest BCUT2D eigenvalue weighted by Crippen LogP contribution is 2.15. The predicted molar refractivity (Wildman–Crippen MR) is 89.0 cm³/mol. The minimum Gasteiger partial charge on any atom is -0.338 e. The Hall–Kier alpha value is -1.85. The second kappa shape index (κ2) is 7.81. The number of hydrogen-bond donors (Lipinski definition) is 3. The summed E-state index contributed by atoms with van der Waals surface area (Å²) < 4.78 is 0. The molecule has 0 radical (unpaired) electrons. The molecule has 1 aromatic heterocycles. The van der Waals surface area contributed by atoms with Crippen LogP contribution in [0.5, 0.6) is 0 Å². The normalized spacial score (nSPS) is 11.9. The van der Waals surface area contributed by atoms with Gasteiger partial charge in [-0.05, 0) is 60.5 Å². The van der Waals surface area contributed by atoms with Gasteiger partial charge in [-0.3, -0.25) is 0 Å². The molecule has 2 amide bonds. The molecule has 0 saturated carbocycles. The van der Waals surface area contributed by atoms with Crippen molar-refractivity contribution >= 4 is 23.1 Å². The summed E-state index contributed by atoms with van der Waals surface area (Å²) in [5.74, 6) is 0. The molecule has 0 aliphatic carbocycles. The highest BCUT2D eigenvalue weighted by atomic mass is 32.1. The van der Waals surface area contributed by atoms with Crippen molar-refractivity contribution in [2.45, 2.75) is 19.4 Å². The predicted octanol–water partition coefficient (Wildman–Crippen LogP) is 3.39. The standard InChI is InChI=1S/C16H21N3OS/c1-12(17-2)14-3-5-15(6-4-14)19-16(20)18-9-7-13-8-10-21-11-13/h3-6,8,10-12,17H,7,9H2,1-2H3,(H2,18,19,20). The summed E-state index contributed by atoms with van der Waals surface area (Å²) >= 11 is 1.67. The lowest BCUT2D eigenvalue weighted by Crippen LogP contribution is -2.30. The van der Waals surface area contributed by atoms with E-state index >= 15 is 0 Å². The molecule has 2 aromatic rings. The van der Waals surface area contributed by atoms with E-state index < -0.39 is 0 Å². The summed E-state index contributed by atoms with van der Waals surface area (Å²) in [5.41, 5.74) is 3.25. The number of hydrogen-bond acceptors (Lipinski definition) is 3. The van der Waals surface area contributed by atoms with Crippen molar-refractivity contribution in [2.75, 3.05) is 18.9 Å². The number of rotatable bonds is 6. The van der Waals surface area contributed by atoms with Gasteiger partial charge in [-0.2, -0.15) is 11.3 Å². The van der Waals surface area contributed by atoms with Crippen molar-refractivity contribution in [1.82, 2.24) is 10.6 Å². The van der Waals surface area contributed by atoms with E-state index in [-0.39, 0.29) is 6.03 Å². The molecule has 4 nitrogen and oxygen atoms in total. The maximum atomic E-state index is 11.8. The van der Waals surface area contributed by atoms with E-state index in [1.165, 1.54) is 11.1 Å². The van der Waals surface area contributed by atoms with Gasteiger partial charge in [0.2, 0.25) is 0 Å². The van der Waals surface area contributed by atoms with Crippen molar-refractivity contribution in [3.8, 4) is 0 Å². The molecule has 1 atom stereocenters. The number of urea groups is 1. The molecule has 2 rings (SSSR count). The van der Waals surface area contributed by atoms with Gasteiger partial charge in [0.1, 0.15) is 0 Å². The highest BCUT2D eigenvalue weighted by Gasteiger charge is 2.04. The third-order valence-corrected chi connectivity index (χ3v) is 4.11. The summed E-state index contributed by atoms with van der Waals surface area (Å²) in [6.45, 7) is 2.73. The van der Waals surface area contributed by atoms with E-state index in [1.54, 1.807) is 11.3 Å². The minimum absolute atomic E-state index is 0.167. The number of thiophene rings is 1. The second-order valence-corrected chi connectivity index (χ2v) is 5.67. The van der Waals surface area contributed by atoms with E-state index in [1.807, 2.05) is 36.7 Å². The van der Waals surface area contributed by atoms with Gasteiger partial charge in [0.25, 0.3) is 0 Å². The maximum Gasteiger partial charge on any atom is 0.319 e. The summed E-state index contributed by atoms with van der Waals surface area (Å²) in [6.07, 6.45) is 0.857. The molecule has 0 saturated heterocycles. The smallest absolute Gasteiger partial charge is 0.319 e. The Morgan fingerprint density at radius 2 is 2.00 bits per heavy atom. The Balaban J connectivity index is 1.77. The van der Waals surface area contributed by atoms with Crippen molar-refractivity contribution in [3.63, 3.8) is 0 Å². The largest absolute Gasteiger partial charge is 0.338 e. The number of carbonyl (C=O) groups is 1. The maximum absolute atomic E-state index is 11.8. The first-order chi connectivity index (χ1) is 10.2. The van der Waals surface area contributed by atoms with E-state index in [0.29, 0.717) is 12.6 Å². The summed E-state index contributed by atoms with van der Waals surface area (Å²) in [5, 5.41) is 13.0. The van der Waals surface area contributed by atoms with Crippen LogP contribution in [0.1, 0.15) is 24.1 Å². The molecule has 0 spiro atoms. The Labute approximate surface area is 129 Å². The van der Waals surface area contributed by atoms with Crippen LogP contribution in [0.15, 0.2) is 41.1 Å². The quantitative estimate of drug-likeness (QED) is 0.766. The monoisotopic (exact) mass is 303 g/mol. The molecule has 1 aromatic carbocycles. The van der Waals surface area contributed by atoms with Gasteiger partial charge in [0.15, 0.2) is 0 Å². The van der Waals surface area contributed by atoms with E-state index in [9.17, 15) is 4.79 Å². The van der Waals surface area contributed by atoms with Crippen LogP contribution in [0.4, 0.5) is 10.5 Å². The lowest BCUT2D eigenvalue weighted by Gasteiger charge is -2.12. The average molecular weight is 303 g/mol. The van der Waals surface area contributed by atoms with Crippen LogP contribution < -0.4 is 16.0 Å². The van der Waals surface area contributed by atoms with E-state index in [2.05, 4.69) is 34.3 Å². The molecule has 0 aliphatic rings. The molecule has 21 heavy (non-hydrogen) atoms. The van der Waals surface area contributed by atoms with Crippen molar-refractivity contribution in [3.05, 3.63) is 52.2 Å². The van der Waals surface area contributed by atoms with Gasteiger partial charge < -0.3 is 16.0 Å². The number of amides is 2. The van der Waals surface area contributed by atoms with Crippen LogP contribution in [0.3, 0.4) is 0 Å². The van der Waals surface area contributed by atoms with Crippen molar-refractivity contribution in [2.24, 2.45) is 0 Å².